The van der Waals surface area contributed by atoms with Gasteiger partial charge in [0.2, 0.25) is 0 Å². The van der Waals surface area contributed by atoms with Crippen LogP contribution in [-0.2, 0) is 6.42 Å². The number of fused-ring (bicyclic) bond motifs is 2. The van der Waals surface area contributed by atoms with Crippen molar-refractivity contribution >= 4 is 22.5 Å². The van der Waals surface area contributed by atoms with Gasteiger partial charge < -0.3 is 4.90 Å². The lowest BCUT2D eigenvalue weighted by molar-refractivity contribution is 0.0986. The maximum absolute atomic E-state index is 13.5. The minimum Gasteiger partial charge on any atom is -0.308 e. The number of carbonyl (C=O) groups excluding carboxylic acids is 1. The largest absolute Gasteiger partial charge is 0.308 e. The van der Waals surface area contributed by atoms with Gasteiger partial charge in [-0.1, -0.05) is 29.8 Å². The molecule has 2 heterocycles. The predicted octanol–water partition coefficient (Wildman–Crippen LogP) is 4.75. The van der Waals surface area contributed by atoms with Crippen molar-refractivity contribution in [1.82, 2.24) is 4.98 Å². The Bertz CT molecular complexity index is 991. The second-order valence-electron chi connectivity index (χ2n) is 6.97. The zero-order valence-corrected chi connectivity index (χ0v) is 15.0. The van der Waals surface area contributed by atoms with E-state index in [-0.39, 0.29) is 5.91 Å². The van der Waals surface area contributed by atoms with Gasteiger partial charge in [0, 0.05) is 17.6 Å². The molecule has 3 aromatic rings. The number of pyridine rings is 1. The van der Waals surface area contributed by atoms with Gasteiger partial charge in [0.05, 0.1) is 16.8 Å². The standard InChI is InChI=1S/C22H22N2O/c1-14-9-10-20-18(12-14)19(13-16(3)23-20)22(25)24-11-5-8-17-7-4-6-15(2)21(17)24/h4,6-7,9-10,12-13H,5,8,11H2,1-3H3. The van der Waals surface area contributed by atoms with Crippen LogP contribution in [0.2, 0.25) is 0 Å². The SMILES string of the molecule is Cc1ccc2nc(C)cc(C(=O)N3CCCc4cccc(C)c43)c2c1. The summed E-state index contributed by atoms with van der Waals surface area (Å²) in [6.45, 7) is 6.86. The summed E-state index contributed by atoms with van der Waals surface area (Å²) in [6.07, 6.45) is 2.04. The summed E-state index contributed by atoms with van der Waals surface area (Å²) in [5.41, 5.74) is 7.18. The molecular formula is C22H22N2O. The maximum atomic E-state index is 13.5. The van der Waals surface area contributed by atoms with Crippen molar-refractivity contribution in [2.75, 3.05) is 11.4 Å². The van der Waals surface area contributed by atoms with Crippen LogP contribution in [0.15, 0.2) is 42.5 Å². The summed E-state index contributed by atoms with van der Waals surface area (Å²) in [4.78, 5) is 20.0. The quantitative estimate of drug-likeness (QED) is 0.645. The highest BCUT2D eigenvalue weighted by Crippen LogP contribution is 2.33. The van der Waals surface area contributed by atoms with Crippen LogP contribution in [0.5, 0.6) is 0 Å². The fourth-order valence-corrected chi connectivity index (χ4v) is 3.84. The van der Waals surface area contributed by atoms with Crippen LogP contribution in [-0.4, -0.2) is 17.4 Å². The highest BCUT2D eigenvalue weighted by atomic mass is 16.2. The first-order valence-electron chi connectivity index (χ1n) is 8.83. The van der Waals surface area contributed by atoms with Gasteiger partial charge in [0.15, 0.2) is 0 Å². The number of hydrogen-bond donors (Lipinski definition) is 0. The van der Waals surface area contributed by atoms with Crippen molar-refractivity contribution < 1.29 is 4.79 Å². The van der Waals surface area contributed by atoms with Crippen molar-refractivity contribution in [2.24, 2.45) is 0 Å². The third-order valence-electron chi connectivity index (χ3n) is 4.99. The van der Waals surface area contributed by atoms with Gasteiger partial charge in [0.25, 0.3) is 5.91 Å². The van der Waals surface area contributed by atoms with E-state index in [2.05, 4.69) is 36.2 Å². The Labute approximate surface area is 148 Å². The minimum atomic E-state index is 0.0800. The minimum absolute atomic E-state index is 0.0800. The molecule has 0 fully saturated rings. The second-order valence-corrected chi connectivity index (χ2v) is 6.97. The van der Waals surface area contributed by atoms with E-state index < -0.39 is 0 Å². The molecule has 4 rings (SSSR count). The molecular weight excluding hydrogens is 308 g/mol. The molecule has 0 bridgehead atoms. The maximum Gasteiger partial charge on any atom is 0.259 e. The average molecular weight is 330 g/mol. The van der Waals surface area contributed by atoms with Crippen LogP contribution in [0.3, 0.4) is 0 Å². The zero-order chi connectivity index (χ0) is 17.6. The summed E-state index contributed by atoms with van der Waals surface area (Å²) in [6, 6.07) is 14.4. The molecule has 25 heavy (non-hydrogen) atoms. The Hall–Kier alpha value is -2.68. The molecule has 1 amide bonds. The van der Waals surface area contributed by atoms with E-state index in [4.69, 9.17) is 0 Å². The molecule has 3 nitrogen and oxygen atoms in total. The topological polar surface area (TPSA) is 33.2 Å². The Morgan fingerprint density at radius 2 is 1.92 bits per heavy atom. The summed E-state index contributed by atoms with van der Waals surface area (Å²) in [7, 11) is 0. The van der Waals surface area contributed by atoms with Crippen LogP contribution in [0, 0.1) is 20.8 Å². The smallest absolute Gasteiger partial charge is 0.259 e. The third kappa shape index (κ3) is 2.70. The van der Waals surface area contributed by atoms with E-state index in [0.29, 0.717) is 0 Å². The summed E-state index contributed by atoms with van der Waals surface area (Å²) >= 11 is 0. The van der Waals surface area contributed by atoms with Crippen LogP contribution in [0.1, 0.15) is 39.2 Å². The lowest BCUT2D eigenvalue weighted by Gasteiger charge is -2.31. The third-order valence-corrected chi connectivity index (χ3v) is 4.99. The molecule has 0 atom stereocenters. The van der Waals surface area contributed by atoms with E-state index in [1.54, 1.807) is 0 Å². The van der Waals surface area contributed by atoms with Gasteiger partial charge in [-0.25, -0.2) is 0 Å². The summed E-state index contributed by atoms with van der Waals surface area (Å²) < 4.78 is 0. The lowest BCUT2D eigenvalue weighted by atomic mass is 9.96. The van der Waals surface area contributed by atoms with Gasteiger partial charge in [-0.05, 0) is 62.9 Å². The van der Waals surface area contributed by atoms with Crippen LogP contribution >= 0.6 is 0 Å². The number of para-hydroxylation sites is 1. The second kappa shape index (κ2) is 5.99. The molecule has 2 aromatic carbocycles. The van der Waals surface area contributed by atoms with Gasteiger partial charge in [-0.15, -0.1) is 0 Å². The van der Waals surface area contributed by atoms with Gasteiger partial charge in [0.1, 0.15) is 0 Å². The number of rotatable bonds is 1. The average Bonchev–Trinajstić information content (AvgIpc) is 2.60. The molecule has 0 radical (unpaired) electrons. The van der Waals surface area contributed by atoms with Crippen molar-refractivity contribution in [2.45, 2.75) is 33.6 Å². The van der Waals surface area contributed by atoms with Gasteiger partial charge >= 0.3 is 0 Å². The van der Waals surface area contributed by atoms with Gasteiger partial charge in [-0.3, -0.25) is 9.78 Å². The fraction of sp³-hybridized carbons (Fsp3) is 0.273. The molecule has 3 heteroatoms. The van der Waals surface area contributed by atoms with Crippen LogP contribution < -0.4 is 4.90 Å². The Balaban J connectivity index is 1.89. The van der Waals surface area contributed by atoms with Crippen LogP contribution in [0.25, 0.3) is 10.9 Å². The molecule has 0 spiro atoms. The highest BCUT2D eigenvalue weighted by molar-refractivity contribution is 6.14. The Morgan fingerprint density at radius 1 is 1.08 bits per heavy atom. The number of aryl methyl sites for hydroxylation is 4. The number of carbonyl (C=O) groups is 1. The zero-order valence-electron chi connectivity index (χ0n) is 15.0. The first-order chi connectivity index (χ1) is 12.0. The van der Waals surface area contributed by atoms with E-state index in [1.165, 1.54) is 5.56 Å². The molecule has 0 saturated heterocycles. The number of hydrogen-bond acceptors (Lipinski definition) is 2. The molecule has 1 aliphatic rings. The summed E-state index contributed by atoms with van der Waals surface area (Å²) in [5.74, 6) is 0.0800. The number of amides is 1. The molecule has 1 aliphatic heterocycles. The number of benzene rings is 2. The Kier molecular flexibility index (Phi) is 3.79. The normalized spacial score (nSPS) is 13.8. The molecule has 0 saturated carbocycles. The van der Waals surface area contributed by atoms with Gasteiger partial charge in [-0.2, -0.15) is 0 Å². The first kappa shape index (κ1) is 15.8. The first-order valence-corrected chi connectivity index (χ1v) is 8.83. The van der Waals surface area contributed by atoms with Crippen molar-refractivity contribution in [1.29, 1.82) is 0 Å². The molecule has 0 unspecified atom stereocenters. The molecule has 0 aliphatic carbocycles. The highest BCUT2D eigenvalue weighted by Gasteiger charge is 2.26. The van der Waals surface area contributed by atoms with E-state index in [1.807, 2.05) is 36.9 Å². The van der Waals surface area contributed by atoms with Crippen LogP contribution in [0.4, 0.5) is 5.69 Å². The van der Waals surface area contributed by atoms with Crippen molar-refractivity contribution in [3.05, 3.63) is 70.4 Å². The summed E-state index contributed by atoms with van der Waals surface area (Å²) in [5, 5.41) is 0.941. The predicted molar refractivity (Wildman–Crippen MR) is 102 cm³/mol. The van der Waals surface area contributed by atoms with E-state index in [9.17, 15) is 4.79 Å². The number of nitrogens with zero attached hydrogens (tertiary/aromatic N) is 2. The number of aromatic nitrogens is 1. The Morgan fingerprint density at radius 3 is 2.76 bits per heavy atom. The van der Waals surface area contributed by atoms with Crippen molar-refractivity contribution in [3.8, 4) is 0 Å². The fourth-order valence-electron chi connectivity index (χ4n) is 3.84. The monoisotopic (exact) mass is 330 g/mol. The van der Waals surface area contributed by atoms with Crippen molar-refractivity contribution in [3.63, 3.8) is 0 Å². The molecule has 126 valence electrons. The lowest BCUT2D eigenvalue weighted by Crippen LogP contribution is -2.36. The van der Waals surface area contributed by atoms with E-state index in [0.717, 1.165) is 58.4 Å². The number of anilines is 1. The van der Waals surface area contributed by atoms with E-state index >= 15 is 0 Å². The molecule has 0 N–H and O–H groups in total. The molecule has 1 aromatic heterocycles.